The molecule has 0 saturated carbocycles. The SMILES string of the molecule is Cc1ccc2c(c1)[C@H](c1ccc(F)cc1)N(C(=O)c1ccccc1[N+](=O)[O-])CC(=O)N2. The van der Waals surface area contributed by atoms with E-state index in [2.05, 4.69) is 5.32 Å². The Hall–Kier alpha value is -4.07. The van der Waals surface area contributed by atoms with Gasteiger partial charge in [0.2, 0.25) is 5.91 Å². The number of carbonyl (C=O) groups is 2. The fraction of sp³-hybridized carbons (Fsp3) is 0.130. The van der Waals surface area contributed by atoms with E-state index in [0.717, 1.165) is 5.56 Å². The van der Waals surface area contributed by atoms with Crippen LogP contribution >= 0.6 is 0 Å². The van der Waals surface area contributed by atoms with Gasteiger partial charge in [-0.2, -0.15) is 0 Å². The summed E-state index contributed by atoms with van der Waals surface area (Å²) in [7, 11) is 0. The number of halogens is 1. The highest BCUT2D eigenvalue weighted by atomic mass is 19.1. The van der Waals surface area contributed by atoms with Crippen molar-refractivity contribution in [3.8, 4) is 0 Å². The normalized spacial score (nSPS) is 15.6. The van der Waals surface area contributed by atoms with Gasteiger partial charge in [-0.25, -0.2) is 4.39 Å². The Bertz CT molecular complexity index is 1190. The van der Waals surface area contributed by atoms with Crippen molar-refractivity contribution in [1.82, 2.24) is 4.90 Å². The Labute approximate surface area is 177 Å². The molecule has 4 rings (SSSR count). The van der Waals surface area contributed by atoms with E-state index in [4.69, 9.17) is 0 Å². The zero-order valence-electron chi connectivity index (χ0n) is 16.5. The highest BCUT2D eigenvalue weighted by Crippen LogP contribution is 2.38. The van der Waals surface area contributed by atoms with Crippen molar-refractivity contribution < 1.29 is 18.9 Å². The summed E-state index contributed by atoms with van der Waals surface area (Å²) in [6.45, 7) is 1.56. The third-order valence-corrected chi connectivity index (χ3v) is 5.18. The van der Waals surface area contributed by atoms with Gasteiger partial charge in [0.05, 0.1) is 11.0 Å². The molecule has 8 heteroatoms. The van der Waals surface area contributed by atoms with E-state index in [1.807, 2.05) is 19.1 Å². The molecule has 2 amide bonds. The van der Waals surface area contributed by atoms with Gasteiger partial charge in [-0.3, -0.25) is 19.7 Å². The molecule has 0 fully saturated rings. The number of fused-ring (bicyclic) bond motifs is 1. The van der Waals surface area contributed by atoms with Crippen LogP contribution in [0.2, 0.25) is 0 Å². The van der Waals surface area contributed by atoms with E-state index >= 15 is 0 Å². The van der Waals surface area contributed by atoms with Gasteiger partial charge in [-0.05, 0) is 36.8 Å². The number of carbonyl (C=O) groups excluding carboxylic acids is 2. The van der Waals surface area contributed by atoms with Gasteiger partial charge in [-0.1, -0.05) is 42.0 Å². The first-order chi connectivity index (χ1) is 14.8. The van der Waals surface area contributed by atoms with Crippen LogP contribution < -0.4 is 5.32 Å². The number of nitro benzene ring substituents is 1. The number of nitrogens with zero attached hydrogens (tertiary/aromatic N) is 2. The predicted octanol–water partition coefficient (Wildman–Crippen LogP) is 4.23. The van der Waals surface area contributed by atoms with Crippen LogP contribution in [-0.4, -0.2) is 28.2 Å². The van der Waals surface area contributed by atoms with Gasteiger partial charge < -0.3 is 10.2 Å². The molecule has 0 aromatic heterocycles. The van der Waals surface area contributed by atoms with Gasteiger partial charge in [-0.15, -0.1) is 0 Å². The van der Waals surface area contributed by atoms with Crippen LogP contribution in [0.4, 0.5) is 15.8 Å². The lowest BCUT2D eigenvalue weighted by molar-refractivity contribution is -0.385. The molecule has 0 unspecified atom stereocenters. The number of nitrogens with one attached hydrogen (secondary N) is 1. The van der Waals surface area contributed by atoms with Crippen molar-refractivity contribution in [1.29, 1.82) is 0 Å². The maximum absolute atomic E-state index is 13.6. The third kappa shape index (κ3) is 3.87. The summed E-state index contributed by atoms with van der Waals surface area (Å²) in [4.78, 5) is 38.3. The van der Waals surface area contributed by atoms with E-state index in [-0.39, 0.29) is 17.8 Å². The minimum absolute atomic E-state index is 0.122. The van der Waals surface area contributed by atoms with Gasteiger partial charge in [0.15, 0.2) is 0 Å². The second kappa shape index (κ2) is 7.98. The molecule has 0 bridgehead atoms. The molecule has 3 aromatic rings. The lowest BCUT2D eigenvalue weighted by Crippen LogP contribution is -2.39. The number of anilines is 1. The Morgan fingerprint density at radius 2 is 1.84 bits per heavy atom. The minimum Gasteiger partial charge on any atom is -0.324 e. The Morgan fingerprint density at radius 3 is 2.55 bits per heavy atom. The van der Waals surface area contributed by atoms with Crippen molar-refractivity contribution in [2.45, 2.75) is 13.0 Å². The van der Waals surface area contributed by atoms with Crippen molar-refractivity contribution in [3.05, 3.63) is 105 Å². The number of para-hydroxylation sites is 1. The van der Waals surface area contributed by atoms with Crippen LogP contribution in [0.3, 0.4) is 0 Å². The average molecular weight is 419 g/mol. The van der Waals surface area contributed by atoms with E-state index in [0.29, 0.717) is 16.8 Å². The Morgan fingerprint density at radius 1 is 1.13 bits per heavy atom. The molecule has 0 radical (unpaired) electrons. The first-order valence-corrected chi connectivity index (χ1v) is 9.55. The minimum atomic E-state index is -0.748. The summed E-state index contributed by atoms with van der Waals surface area (Å²) < 4.78 is 13.6. The lowest BCUT2D eigenvalue weighted by Gasteiger charge is -2.30. The van der Waals surface area contributed by atoms with Crippen LogP contribution in [0.25, 0.3) is 0 Å². The number of hydrogen-bond acceptors (Lipinski definition) is 4. The van der Waals surface area contributed by atoms with E-state index in [1.54, 1.807) is 18.2 Å². The summed E-state index contributed by atoms with van der Waals surface area (Å²) in [5.41, 5.74) is 2.19. The van der Waals surface area contributed by atoms with Gasteiger partial charge in [0.25, 0.3) is 11.6 Å². The number of nitro groups is 1. The molecule has 1 heterocycles. The maximum Gasteiger partial charge on any atom is 0.282 e. The third-order valence-electron chi connectivity index (χ3n) is 5.18. The summed E-state index contributed by atoms with van der Waals surface area (Å²) in [5.74, 6) is -1.53. The topological polar surface area (TPSA) is 92.6 Å². The molecule has 1 atom stereocenters. The van der Waals surface area contributed by atoms with E-state index in [1.165, 1.54) is 41.3 Å². The molecular formula is C23H18FN3O4. The average Bonchev–Trinajstić information content (AvgIpc) is 2.89. The van der Waals surface area contributed by atoms with Crippen LogP contribution in [0.15, 0.2) is 66.7 Å². The standard InChI is InChI=1S/C23H18FN3O4/c1-14-6-11-19-18(12-14)22(15-7-9-16(24)10-8-15)26(13-21(28)25-19)23(29)17-4-2-3-5-20(17)27(30)31/h2-12,22H,13H2,1H3,(H,25,28)/t22-/m0/s1. The Balaban J connectivity index is 1.92. The summed E-state index contributed by atoms with van der Waals surface area (Å²) in [5, 5.41) is 14.3. The highest BCUT2D eigenvalue weighted by Gasteiger charge is 2.36. The highest BCUT2D eigenvalue weighted by molar-refractivity contribution is 6.03. The van der Waals surface area contributed by atoms with Crippen molar-refractivity contribution in [2.75, 3.05) is 11.9 Å². The summed E-state index contributed by atoms with van der Waals surface area (Å²) in [6.07, 6.45) is 0. The molecule has 31 heavy (non-hydrogen) atoms. The molecule has 1 N–H and O–H groups in total. The van der Waals surface area contributed by atoms with Gasteiger partial charge in [0, 0.05) is 17.3 Å². The fourth-order valence-electron chi connectivity index (χ4n) is 3.79. The Kier molecular flexibility index (Phi) is 5.21. The second-order valence-corrected chi connectivity index (χ2v) is 7.30. The van der Waals surface area contributed by atoms with Crippen LogP contribution in [0.1, 0.15) is 33.1 Å². The van der Waals surface area contributed by atoms with E-state index in [9.17, 15) is 24.1 Å². The van der Waals surface area contributed by atoms with Crippen LogP contribution in [0.5, 0.6) is 0 Å². The smallest absolute Gasteiger partial charge is 0.282 e. The van der Waals surface area contributed by atoms with Crippen LogP contribution in [-0.2, 0) is 4.79 Å². The first kappa shape index (κ1) is 20.2. The predicted molar refractivity (Wildman–Crippen MR) is 112 cm³/mol. The molecule has 3 aromatic carbocycles. The van der Waals surface area contributed by atoms with Gasteiger partial charge >= 0.3 is 0 Å². The van der Waals surface area contributed by atoms with Gasteiger partial charge in [0.1, 0.15) is 17.9 Å². The van der Waals surface area contributed by atoms with Crippen molar-refractivity contribution in [3.63, 3.8) is 0 Å². The number of rotatable bonds is 3. The number of amides is 2. The van der Waals surface area contributed by atoms with Crippen molar-refractivity contribution >= 4 is 23.2 Å². The maximum atomic E-state index is 13.6. The molecule has 1 aliphatic heterocycles. The molecule has 1 aliphatic rings. The summed E-state index contributed by atoms with van der Waals surface area (Å²) in [6, 6.07) is 15.9. The molecule has 7 nitrogen and oxygen atoms in total. The second-order valence-electron chi connectivity index (χ2n) is 7.30. The molecule has 156 valence electrons. The molecule has 0 spiro atoms. The number of aryl methyl sites for hydroxylation is 1. The quantitative estimate of drug-likeness (QED) is 0.508. The van der Waals surface area contributed by atoms with E-state index < -0.39 is 28.6 Å². The number of hydrogen-bond donors (Lipinski definition) is 1. The molecular weight excluding hydrogens is 401 g/mol. The largest absolute Gasteiger partial charge is 0.324 e. The zero-order valence-corrected chi connectivity index (χ0v) is 16.5. The molecule has 0 aliphatic carbocycles. The van der Waals surface area contributed by atoms with Crippen LogP contribution in [0, 0.1) is 22.9 Å². The fourth-order valence-corrected chi connectivity index (χ4v) is 3.79. The zero-order chi connectivity index (χ0) is 22.1. The monoisotopic (exact) mass is 419 g/mol. The van der Waals surface area contributed by atoms with Crippen molar-refractivity contribution in [2.24, 2.45) is 0 Å². The number of benzene rings is 3. The summed E-state index contributed by atoms with van der Waals surface area (Å²) >= 11 is 0. The molecule has 0 saturated heterocycles. The first-order valence-electron chi connectivity index (χ1n) is 9.55. The lowest BCUT2D eigenvalue weighted by atomic mass is 9.94.